The number of nitrogens with one attached hydrogen (secondary N) is 2. The lowest BCUT2D eigenvalue weighted by atomic mass is 10.1. The van der Waals surface area contributed by atoms with Crippen molar-refractivity contribution in [3.63, 3.8) is 0 Å². The van der Waals surface area contributed by atoms with E-state index in [0.717, 1.165) is 5.56 Å². The number of alkyl carbamates (subject to hydrolysis) is 1. The molecule has 1 atom stereocenters. The van der Waals surface area contributed by atoms with E-state index in [1.807, 2.05) is 44.2 Å². The van der Waals surface area contributed by atoms with Crippen LogP contribution in [-0.2, 0) is 16.0 Å². The average Bonchev–Trinajstić information content (AvgIpc) is 2.44. The van der Waals surface area contributed by atoms with Crippen molar-refractivity contribution in [2.45, 2.75) is 26.3 Å². The lowest BCUT2D eigenvalue weighted by Gasteiger charge is -2.17. The molecule has 0 radical (unpaired) electrons. The highest BCUT2D eigenvalue weighted by Crippen LogP contribution is 2.04. The SMILES string of the molecule is CNC(=O)C(Cc1ccccc1)NC(=O)OCC(C)C. The maximum Gasteiger partial charge on any atom is 0.407 e. The third kappa shape index (κ3) is 5.73. The summed E-state index contributed by atoms with van der Waals surface area (Å²) in [6.45, 7) is 4.23. The van der Waals surface area contributed by atoms with Crippen LogP contribution in [0.25, 0.3) is 0 Å². The van der Waals surface area contributed by atoms with E-state index in [1.165, 1.54) is 0 Å². The minimum absolute atomic E-state index is 0.240. The summed E-state index contributed by atoms with van der Waals surface area (Å²) in [6.07, 6.45) is -0.139. The van der Waals surface area contributed by atoms with Crippen LogP contribution in [-0.4, -0.2) is 31.7 Å². The molecule has 0 spiro atoms. The van der Waals surface area contributed by atoms with Gasteiger partial charge in [-0.3, -0.25) is 4.79 Å². The zero-order chi connectivity index (χ0) is 15.0. The van der Waals surface area contributed by atoms with Gasteiger partial charge in [0.05, 0.1) is 6.61 Å². The first-order valence-corrected chi connectivity index (χ1v) is 6.71. The Morgan fingerprint density at radius 3 is 2.40 bits per heavy atom. The Balaban J connectivity index is 2.61. The van der Waals surface area contributed by atoms with Crippen molar-refractivity contribution in [3.05, 3.63) is 35.9 Å². The first kappa shape index (κ1) is 16.0. The van der Waals surface area contributed by atoms with Crippen molar-refractivity contribution in [1.29, 1.82) is 0 Å². The molecule has 0 aliphatic carbocycles. The van der Waals surface area contributed by atoms with Gasteiger partial charge >= 0.3 is 6.09 Å². The van der Waals surface area contributed by atoms with Crippen LogP contribution in [0.2, 0.25) is 0 Å². The van der Waals surface area contributed by atoms with Gasteiger partial charge in [-0.2, -0.15) is 0 Å². The van der Waals surface area contributed by atoms with Gasteiger partial charge in [-0.05, 0) is 11.5 Å². The van der Waals surface area contributed by atoms with E-state index in [4.69, 9.17) is 4.74 Å². The summed E-state index contributed by atoms with van der Waals surface area (Å²) >= 11 is 0. The molecule has 0 aliphatic rings. The Morgan fingerprint density at radius 2 is 1.85 bits per heavy atom. The predicted molar refractivity (Wildman–Crippen MR) is 77.3 cm³/mol. The normalized spacial score (nSPS) is 11.8. The molecule has 20 heavy (non-hydrogen) atoms. The minimum Gasteiger partial charge on any atom is -0.449 e. The number of amides is 2. The fraction of sp³-hybridized carbons (Fsp3) is 0.467. The summed E-state index contributed by atoms with van der Waals surface area (Å²) in [5.41, 5.74) is 0.977. The molecule has 0 aliphatic heterocycles. The Hall–Kier alpha value is -2.04. The molecule has 0 fully saturated rings. The number of hydrogen-bond donors (Lipinski definition) is 2. The molecule has 1 aromatic carbocycles. The van der Waals surface area contributed by atoms with Crippen LogP contribution in [0.1, 0.15) is 19.4 Å². The molecular weight excluding hydrogens is 256 g/mol. The fourth-order valence-electron chi connectivity index (χ4n) is 1.66. The summed E-state index contributed by atoms with van der Waals surface area (Å²) in [4.78, 5) is 23.5. The second-order valence-corrected chi connectivity index (χ2v) is 4.99. The van der Waals surface area contributed by atoms with Gasteiger partial charge in [-0.1, -0.05) is 44.2 Å². The molecule has 1 aromatic rings. The van der Waals surface area contributed by atoms with Crippen molar-refractivity contribution in [2.24, 2.45) is 5.92 Å². The lowest BCUT2D eigenvalue weighted by molar-refractivity contribution is -0.122. The highest BCUT2D eigenvalue weighted by molar-refractivity contribution is 5.85. The van der Waals surface area contributed by atoms with Crippen molar-refractivity contribution in [1.82, 2.24) is 10.6 Å². The smallest absolute Gasteiger partial charge is 0.407 e. The van der Waals surface area contributed by atoms with Crippen LogP contribution >= 0.6 is 0 Å². The van der Waals surface area contributed by atoms with E-state index in [1.54, 1.807) is 7.05 Å². The van der Waals surface area contributed by atoms with Crippen LogP contribution in [0.4, 0.5) is 4.79 Å². The number of carbonyl (C=O) groups excluding carboxylic acids is 2. The third-order valence-electron chi connectivity index (χ3n) is 2.69. The zero-order valence-electron chi connectivity index (χ0n) is 12.2. The van der Waals surface area contributed by atoms with Gasteiger partial charge in [0.2, 0.25) is 5.91 Å². The summed E-state index contributed by atoms with van der Waals surface area (Å²) < 4.78 is 5.04. The third-order valence-corrected chi connectivity index (χ3v) is 2.69. The molecule has 1 rings (SSSR count). The minimum atomic E-state index is -0.637. The molecule has 5 heteroatoms. The summed E-state index contributed by atoms with van der Waals surface area (Å²) in [6, 6.07) is 8.89. The van der Waals surface area contributed by atoms with Crippen LogP contribution in [0, 0.1) is 5.92 Å². The monoisotopic (exact) mass is 278 g/mol. The Bertz CT molecular complexity index is 432. The van der Waals surface area contributed by atoms with Gasteiger partial charge in [0.25, 0.3) is 0 Å². The van der Waals surface area contributed by atoms with Gasteiger partial charge in [-0.25, -0.2) is 4.79 Å². The maximum atomic E-state index is 11.8. The molecular formula is C15H22N2O3. The molecule has 5 nitrogen and oxygen atoms in total. The van der Waals surface area contributed by atoms with Crippen molar-refractivity contribution >= 4 is 12.0 Å². The Kier molecular flexibility index (Phi) is 6.56. The van der Waals surface area contributed by atoms with E-state index in [-0.39, 0.29) is 11.8 Å². The second-order valence-electron chi connectivity index (χ2n) is 4.99. The van der Waals surface area contributed by atoms with Crippen LogP contribution in [0.15, 0.2) is 30.3 Å². The van der Waals surface area contributed by atoms with E-state index in [9.17, 15) is 9.59 Å². The van der Waals surface area contributed by atoms with E-state index in [2.05, 4.69) is 10.6 Å². The average molecular weight is 278 g/mol. The predicted octanol–water partition coefficient (Wildman–Crippen LogP) is 1.73. The van der Waals surface area contributed by atoms with Gasteiger partial charge in [-0.15, -0.1) is 0 Å². The number of hydrogen-bond acceptors (Lipinski definition) is 3. The highest BCUT2D eigenvalue weighted by Gasteiger charge is 2.20. The molecule has 2 amide bonds. The van der Waals surface area contributed by atoms with Gasteiger partial charge in [0, 0.05) is 13.5 Å². The molecule has 0 heterocycles. The van der Waals surface area contributed by atoms with Crippen LogP contribution in [0.3, 0.4) is 0 Å². The van der Waals surface area contributed by atoms with Crippen molar-refractivity contribution in [2.75, 3.05) is 13.7 Å². The summed E-state index contributed by atoms with van der Waals surface area (Å²) in [5, 5.41) is 5.14. The standard InChI is InChI=1S/C15H22N2O3/c1-11(2)10-20-15(19)17-13(14(18)16-3)9-12-7-5-4-6-8-12/h4-8,11,13H,9-10H2,1-3H3,(H,16,18)(H,17,19). The van der Waals surface area contributed by atoms with Gasteiger partial charge in [0.1, 0.15) is 6.04 Å². The maximum absolute atomic E-state index is 11.8. The summed E-state index contributed by atoms with van der Waals surface area (Å²) in [7, 11) is 1.54. The lowest BCUT2D eigenvalue weighted by Crippen LogP contribution is -2.47. The highest BCUT2D eigenvalue weighted by atomic mass is 16.5. The molecule has 0 aromatic heterocycles. The Labute approximate surface area is 119 Å². The quantitative estimate of drug-likeness (QED) is 0.832. The number of ether oxygens (including phenoxy) is 1. The molecule has 2 N–H and O–H groups in total. The van der Waals surface area contributed by atoms with E-state index in [0.29, 0.717) is 13.0 Å². The van der Waals surface area contributed by atoms with Crippen LogP contribution < -0.4 is 10.6 Å². The fourth-order valence-corrected chi connectivity index (χ4v) is 1.66. The molecule has 0 bridgehead atoms. The Morgan fingerprint density at radius 1 is 1.20 bits per heavy atom. The van der Waals surface area contributed by atoms with Gasteiger partial charge in [0.15, 0.2) is 0 Å². The number of carbonyl (C=O) groups is 2. The largest absolute Gasteiger partial charge is 0.449 e. The van der Waals surface area contributed by atoms with Crippen LogP contribution in [0.5, 0.6) is 0 Å². The first-order valence-electron chi connectivity index (χ1n) is 6.71. The van der Waals surface area contributed by atoms with Gasteiger partial charge < -0.3 is 15.4 Å². The number of rotatable bonds is 6. The number of likely N-dealkylation sites (N-methyl/N-ethyl adjacent to an activating group) is 1. The van der Waals surface area contributed by atoms with Crippen molar-refractivity contribution < 1.29 is 14.3 Å². The topological polar surface area (TPSA) is 67.4 Å². The first-order chi connectivity index (χ1) is 9.52. The number of benzene rings is 1. The molecule has 0 saturated heterocycles. The zero-order valence-corrected chi connectivity index (χ0v) is 12.2. The molecule has 1 unspecified atom stereocenters. The molecule has 0 saturated carbocycles. The van der Waals surface area contributed by atoms with E-state index < -0.39 is 12.1 Å². The molecule has 110 valence electrons. The van der Waals surface area contributed by atoms with Crippen molar-refractivity contribution in [3.8, 4) is 0 Å². The second kappa shape index (κ2) is 8.19. The summed E-state index contributed by atoms with van der Waals surface area (Å²) in [5.74, 6) is 0.0173. The van der Waals surface area contributed by atoms with E-state index >= 15 is 0 Å².